The van der Waals surface area contributed by atoms with Crippen LogP contribution in [0.4, 0.5) is 10.1 Å². The molecule has 0 aliphatic heterocycles. The lowest BCUT2D eigenvalue weighted by Crippen LogP contribution is -2.46. The highest BCUT2D eigenvalue weighted by Crippen LogP contribution is 2.32. The zero-order valence-electron chi connectivity index (χ0n) is 11.4. The zero-order chi connectivity index (χ0) is 16.2. The minimum Gasteiger partial charge on any atom is -0.487 e. The zero-order valence-corrected chi connectivity index (χ0v) is 13.0. The Hall–Kier alpha value is -1.74. The topological polar surface area (TPSA) is 105 Å². The lowest BCUT2D eigenvalue weighted by atomic mass is 10.0. The number of hydrogen-bond acceptors (Lipinski definition) is 6. The largest absolute Gasteiger partial charge is 0.487 e. The fraction of sp³-hybridized carbons (Fsp3) is 0.417. The van der Waals surface area contributed by atoms with Crippen molar-refractivity contribution < 1.29 is 23.6 Å². The Bertz CT molecular complexity index is 565. The monoisotopic (exact) mass is 364 g/mol. The number of methoxy groups -OCH3 is 1. The Morgan fingerprint density at radius 2 is 2.19 bits per heavy atom. The summed E-state index contributed by atoms with van der Waals surface area (Å²) >= 11 is 2.86. The molecule has 0 fully saturated rings. The van der Waals surface area contributed by atoms with E-state index >= 15 is 0 Å². The summed E-state index contributed by atoms with van der Waals surface area (Å²) < 4.78 is 23.1. The number of nitrogens with two attached hydrogens (primary N) is 1. The molecule has 0 saturated heterocycles. The highest BCUT2D eigenvalue weighted by Gasteiger charge is 2.29. The van der Waals surface area contributed by atoms with Gasteiger partial charge in [0.1, 0.15) is 11.4 Å². The van der Waals surface area contributed by atoms with Gasteiger partial charge in [-0.15, -0.1) is 0 Å². The summed E-state index contributed by atoms with van der Waals surface area (Å²) in [7, 11) is 1.20. The van der Waals surface area contributed by atoms with Gasteiger partial charge in [-0.25, -0.2) is 4.39 Å². The number of carbonyl (C=O) groups excluding carboxylic acids is 1. The van der Waals surface area contributed by atoms with Crippen molar-refractivity contribution in [1.82, 2.24) is 0 Å². The summed E-state index contributed by atoms with van der Waals surface area (Å²) in [6.45, 7) is 1.34. The molecule has 0 aliphatic rings. The van der Waals surface area contributed by atoms with E-state index in [0.29, 0.717) is 0 Å². The first-order chi connectivity index (χ1) is 9.69. The number of hydrogen-bond donors (Lipinski definition) is 1. The molecule has 0 amide bonds. The number of halogens is 2. The van der Waals surface area contributed by atoms with Crippen molar-refractivity contribution in [3.8, 4) is 5.75 Å². The third-order valence-electron chi connectivity index (χ3n) is 2.73. The molecular weight excluding hydrogens is 351 g/mol. The lowest BCUT2D eigenvalue weighted by Gasteiger charge is -2.21. The van der Waals surface area contributed by atoms with Crippen LogP contribution in [0.25, 0.3) is 0 Å². The molecule has 0 aromatic heterocycles. The Labute approximate surface area is 128 Å². The molecule has 1 unspecified atom stereocenters. The maximum Gasteiger partial charge on any atom is 0.325 e. The Morgan fingerprint density at radius 3 is 2.71 bits per heavy atom. The van der Waals surface area contributed by atoms with Crippen molar-refractivity contribution in [3.05, 3.63) is 32.5 Å². The third-order valence-corrected chi connectivity index (χ3v) is 3.34. The second-order valence-electron chi connectivity index (χ2n) is 4.50. The van der Waals surface area contributed by atoms with E-state index in [-0.39, 0.29) is 28.9 Å². The highest BCUT2D eigenvalue weighted by atomic mass is 79.9. The quantitative estimate of drug-likeness (QED) is 0.471. The molecule has 1 rings (SSSR count). The Kier molecular flexibility index (Phi) is 5.62. The van der Waals surface area contributed by atoms with E-state index in [2.05, 4.69) is 20.7 Å². The van der Waals surface area contributed by atoms with Gasteiger partial charge in [-0.3, -0.25) is 14.9 Å². The average molecular weight is 365 g/mol. The third kappa shape index (κ3) is 4.36. The van der Waals surface area contributed by atoms with Gasteiger partial charge >= 0.3 is 11.7 Å². The number of carbonyl (C=O) groups is 1. The first kappa shape index (κ1) is 17.3. The number of esters is 1. The molecule has 0 spiro atoms. The molecule has 0 heterocycles. The molecule has 116 valence electrons. The van der Waals surface area contributed by atoms with Crippen molar-refractivity contribution in [2.75, 3.05) is 13.7 Å². The van der Waals surface area contributed by atoms with E-state index in [1.165, 1.54) is 14.0 Å². The van der Waals surface area contributed by atoms with Crippen LogP contribution >= 0.6 is 15.9 Å². The van der Waals surface area contributed by atoms with Crippen LogP contribution in [0.1, 0.15) is 13.3 Å². The molecule has 21 heavy (non-hydrogen) atoms. The van der Waals surface area contributed by atoms with Crippen LogP contribution in [-0.4, -0.2) is 30.1 Å². The molecule has 0 aliphatic carbocycles. The standard InChI is InChI=1S/C12H14BrFN2O5/c1-12(15,11(17)20-2)3-4-21-10-6-8(14)7(13)5-9(10)16(18)19/h5-6H,3-4,15H2,1-2H3. The molecule has 0 radical (unpaired) electrons. The van der Waals surface area contributed by atoms with Gasteiger partial charge in [0.05, 0.1) is 23.1 Å². The average Bonchev–Trinajstić information content (AvgIpc) is 2.40. The highest BCUT2D eigenvalue weighted by molar-refractivity contribution is 9.10. The first-order valence-corrected chi connectivity index (χ1v) is 6.62. The fourth-order valence-corrected chi connectivity index (χ4v) is 1.82. The van der Waals surface area contributed by atoms with Gasteiger partial charge in [0.15, 0.2) is 5.75 Å². The smallest absolute Gasteiger partial charge is 0.325 e. The molecule has 1 aromatic rings. The number of nitrogens with zero attached hydrogens (tertiary/aromatic N) is 1. The fourth-order valence-electron chi connectivity index (χ4n) is 1.48. The van der Waals surface area contributed by atoms with Crippen LogP contribution in [0.5, 0.6) is 5.75 Å². The van der Waals surface area contributed by atoms with Gasteiger partial charge in [-0.05, 0) is 22.9 Å². The van der Waals surface area contributed by atoms with Crippen molar-refractivity contribution in [1.29, 1.82) is 0 Å². The predicted molar refractivity (Wildman–Crippen MR) is 75.5 cm³/mol. The second kappa shape index (κ2) is 6.81. The molecule has 0 bridgehead atoms. The van der Waals surface area contributed by atoms with E-state index in [1.807, 2.05) is 0 Å². The minimum atomic E-state index is -1.29. The summed E-state index contributed by atoms with van der Waals surface area (Å²) in [6.07, 6.45) is 0.0501. The molecule has 1 aromatic carbocycles. The van der Waals surface area contributed by atoms with Crippen LogP contribution < -0.4 is 10.5 Å². The Balaban J connectivity index is 2.83. The number of nitro benzene ring substituents is 1. The SMILES string of the molecule is COC(=O)C(C)(N)CCOc1cc(F)c(Br)cc1[N+](=O)[O-]. The summed E-state index contributed by atoms with van der Waals surface area (Å²) in [5.41, 5.74) is 4.03. The van der Waals surface area contributed by atoms with Crippen LogP contribution in [0.2, 0.25) is 0 Å². The number of nitro groups is 1. The summed E-state index contributed by atoms with van der Waals surface area (Å²) in [5, 5.41) is 10.9. The summed E-state index contributed by atoms with van der Waals surface area (Å²) in [4.78, 5) is 21.6. The van der Waals surface area contributed by atoms with Crippen molar-refractivity contribution in [3.63, 3.8) is 0 Å². The van der Waals surface area contributed by atoms with Crippen LogP contribution in [0, 0.1) is 15.9 Å². The number of benzene rings is 1. The molecular formula is C12H14BrFN2O5. The van der Waals surface area contributed by atoms with Gasteiger partial charge in [0, 0.05) is 18.6 Å². The van der Waals surface area contributed by atoms with E-state index in [9.17, 15) is 19.3 Å². The van der Waals surface area contributed by atoms with Crippen molar-refractivity contribution in [2.45, 2.75) is 18.9 Å². The first-order valence-electron chi connectivity index (χ1n) is 5.82. The van der Waals surface area contributed by atoms with Gasteiger partial charge in [0.2, 0.25) is 0 Å². The number of ether oxygens (including phenoxy) is 2. The maximum atomic E-state index is 13.4. The van der Waals surface area contributed by atoms with Gasteiger partial charge < -0.3 is 15.2 Å². The predicted octanol–water partition coefficient (Wildman–Crippen LogP) is 2.16. The van der Waals surface area contributed by atoms with Crippen LogP contribution in [-0.2, 0) is 9.53 Å². The van der Waals surface area contributed by atoms with Crippen molar-refractivity contribution in [2.24, 2.45) is 5.73 Å². The second-order valence-corrected chi connectivity index (χ2v) is 5.35. The molecule has 9 heteroatoms. The maximum absolute atomic E-state index is 13.4. The van der Waals surface area contributed by atoms with Gasteiger partial charge in [-0.2, -0.15) is 0 Å². The van der Waals surface area contributed by atoms with E-state index in [1.54, 1.807) is 0 Å². The van der Waals surface area contributed by atoms with Gasteiger partial charge in [-0.1, -0.05) is 0 Å². The van der Waals surface area contributed by atoms with Gasteiger partial charge in [0.25, 0.3) is 0 Å². The molecule has 2 N–H and O–H groups in total. The minimum absolute atomic E-state index is 0.0419. The van der Waals surface area contributed by atoms with Crippen molar-refractivity contribution >= 4 is 27.6 Å². The molecule has 1 atom stereocenters. The molecule has 0 saturated carbocycles. The van der Waals surface area contributed by atoms with Crippen LogP contribution in [0.15, 0.2) is 16.6 Å². The van der Waals surface area contributed by atoms with E-state index in [0.717, 1.165) is 12.1 Å². The number of rotatable bonds is 6. The molecule has 7 nitrogen and oxygen atoms in total. The van der Waals surface area contributed by atoms with E-state index < -0.39 is 22.2 Å². The van der Waals surface area contributed by atoms with Crippen LogP contribution in [0.3, 0.4) is 0 Å². The normalized spacial score (nSPS) is 13.4. The summed E-state index contributed by atoms with van der Waals surface area (Å²) in [5.74, 6) is -1.57. The lowest BCUT2D eigenvalue weighted by molar-refractivity contribution is -0.386. The van der Waals surface area contributed by atoms with E-state index in [4.69, 9.17) is 10.5 Å². The Morgan fingerprint density at radius 1 is 1.57 bits per heavy atom. The summed E-state index contributed by atoms with van der Waals surface area (Å²) in [6, 6.07) is 1.90.